The van der Waals surface area contributed by atoms with E-state index in [4.69, 9.17) is 4.74 Å². The van der Waals surface area contributed by atoms with Crippen molar-refractivity contribution < 1.29 is 9.53 Å². The average Bonchev–Trinajstić information content (AvgIpc) is 2.93. The Labute approximate surface area is 134 Å². The second-order valence-corrected chi connectivity index (χ2v) is 7.24. The van der Waals surface area contributed by atoms with Crippen molar-refractivity contribution in [2.24, 2.45) is 11.8 Å². The fourth-order valence-electron chi connectivity index (χ4n) is 3.33. The van der Waals surface area contributed by atoms with Crippen molar-refractivity contribution in [3.63, 3.8) is 0 Å². The molecule has 0 spiro atoms. The number of halogens is 1. The molecule has 1 heterocycles. The Morgan fingerprint density at radius 2 is 2.10 bits per heavy atom. The topological polar surface area (TPSA) is 38.3 Å². The van der Waals surface area contributed by atoms with Crippen LogP contribution in [0, 0.1) is 11.8 Å². The molecule has 0 bridgehead atoms. The molecular weight excluding hydrogens is 330 g/mol. The van der Waals surface area contributed by atoms with Gasteiger partial charge in [-0.05, 0) is 49.3 Å². The van der Waals surface area contributed by atoms with Gasteiger partial charge in [0.15, 0.2) is 0 Å². The zero-order chi connectivity index (χ0) is 14.8. The fraction of sp³-hybridized carbons (Fsp3) is 0.588. The lowest BCUT2D eigenvalue weighted by Gasteiger charge is -2.25. The van der Waals surface area contributed by atoms with E-state index in [1.54, 1.807) is 0 Å². The predicted molar refractivity (Wildman–Crippen MR) is 86.3 cm³/mol. The number of ether oxygens (including phenoxy) is 1. The molecule has 1 aromatic rings. The van der Waals surface area contributed by atoms with Crippen LogP contribution in [0.25, 0.3) is 0 Å². The van der Waals surface area contributed by atoms with Gasteiger partial charge in [0.05, 0.1) is 6.61 Å². The van der Waals surface area contributed by atoms with Gasteiger partial charge >= 0.3 is 0 Å². The van der Waals surface area contributed by atoms with Crippen molar-refractivity contribution in [2.75, 3.05) is 6.61 Å². The highest BCUT2D eigenvalue weighted by molar-refractivity contribution is 9.10. The van der Waals surface area contributed by atoms with Crippen LogP contribution in [0.15, 0.2) is 16.6 Å². The van der Waals surface area contributed by atoms with Gasteiger partial charge in [-0.3, -0.25) is 4.79 Å². The van der Waals surface area contributed by atoms with Gasteiger partial charge in [-0.15, -0.1) is 0 Å². The zero-order valence-electron chi connectivity index (χ0n) is 12.5. The molecule has 1 aliphatic carbocycles. The van der Waals surface area contributed by atoms with Gasteiger partial charge < -0.3 is 10.1 Å². The summed E-state index contributed by atoms with van der Waals surface area (Å²) < 4.78 is 6.76. The first kappa shape index (κ1) is 14.9. The summed E-state index contributed by atoms with van der Waals surface area (Å²) >= 11 is 3.54. The molecule has 3 rings (SSSR count). The van der Waals surface area contributed by atoms with Crippen LogP contribution in [-0.2, 0) is 17.8 Å². The van der Waals surface area contributed by atoms with Gasteiger partial charge in [0.25, 0.3) is 0 Å². The molecule has 1 fully saturated rings. The molecule has 1 aromatic carbocycles. The second-order valence-electron chi connectivity index (χ2n) is 6.33. The average molecular weight is 352 g/mol. The molecule has 1 N–H and O–H groups in total. The molecule has 0 unspecified atom stereocenters. The van der Waals surface area contributed by atoms with Crippen molar-refractivity contribution in [3.05, 3.63) is 27.7 Å². The van der Waals surface area contributed by atoms with Crippen molar-refractivity contribution >= 4 is 21.8 Å². The van der Waals surface area contributed by atoms with E-state index in [0.717, 1.165) is 47.6 Å². The summed E-state index contributed by atoms with van der Waals surface area (Å²) in [5, 5.41) is 3.10. The highest BCUT2D eigenvalue weighted by atomic mass is 79.9. The van der Waals surface area contributed by atoms with Gasteiger partial charge in [0, 0.05) is 28.9 Å². The van der Waals surface area contributed by atoms with E-state index >= 15 is 0 Å². The summed E-state index contributed by atoms with van der Waals surface area (Å²) in [4.78, 5) is 12.3. The quantitative estimate of drug-likeness (QED) is 0.898. The summed E-state index contributed by atoms with van der Waals surface area (Å²) in [7, 11) is 0. The van der Waals surface area contributed by atoms with Crippen LogP contribution < -0.4 is 10.1 Å². The van der Waals surface area contributed by atoms with E-state index in [1.807, 2.05) is 6.07 Å². The smallest absolute Gasteiger partial charge is 0.223 e. The summed E-state index contributed by atoms with van der Waals surface area (Å²) in [6, 6.07) is 4.16. The molecule has 114 valence electrons. The Hall–Kier alpha value is -1.03. The fourth-order valence-corrected chi connectivity index (χ4v) is 3.88. The summed E-state index contributed by atoms with van der Waals surface area (Å²) in [6.45, 7) is 3.58. The molecule has 0 radical (unpaired) electrons. The number of fused-ring (bicyclic) bond motifs is 1. The first-order chi connectivity index (χ1) is 10.1. The Kier molecular flexibility index (Phi) is 4.53. The van der Waals surface area contributed by atoms with Crippen molar-refractivity contribution in [1.82, 2.24) is 5.32 Å². The van der Waals surface area contributed by atoms with Crippen LogP contribution in [0.1, 0.15) is 43.7 Å². The molecule has 1 saturated carbocycles. The number of hydrogen-bond donors (Lipinski definition) is 1. The summed E-state index contributed by atoms with van der Waals surface area (Å²) in [5.41, 5.74) is 2.31. The molecule has 1 amide bonds. The van der Waals surface area contributed by atoms with Crippen LogP contribution in [0.5, 0.6) is 5.75 Å². The van der Waals surface area contributed by atoms with Gasteiger partial charge in [0.2, 0.25) is 5.91 Å². The van der Waals surface area contributed by atoms with Gasteiger partial charge in [-0.1, -0.05) is 22.9 Å². The number of carbonyl (C=O) groups is 1. The van der Waals surface area contributed by atoms with Crippen LogP contribution in [0.4, 0.5) is 0 Å². The first-order valence-electron chi connectivity index (χ1n) is 7.85. The largest absolute Gasteiger partial charge is 0.493 e. The van der Waals surface area contributed by atoms with Crippen LogP contribution in [-0.4, -0.2) is 12.5 Å². The maximum atomic E-state index is 12.3. The van der Waals surface area contributed by atoms with E-state index in [9.17, 15) is 4.79 Å². The van der Waals surface area contributed by atoms with E-state index in [-0.39, 0.29) is 11.8 Å². The van der Waals surface area contributed by atoms with Crippen molar-refractivity contribution in [2.45, 2.75) is 45.6 Å². The predicted octanol–water partition coefficient (Wildman–Crippen LogP) is 3.83. The van der Waals surface area contributed by atoms with E-state index in [2.05, 4.69) is 34.2 Å². The lowest BCUT2D eigenvalue weighted by atomic mass is 9.82. The highest BCUT2D eigenvalue weighted by Crippen LogP contribution is 2.33. The van der Waals surface area contributed by atoms with Gasteiger partial charge in [-0.2, -0.15) is 0 Å². The minimum Gasteiger partial charge on any atom is -0.493 e. The number of benzene rings is 1. The van der Waals surface area contributed by atoms with E-state index in [0.29, 0.717) is 6.54 Å². The second kappa shape index (κ2) is 6.39. The minimum absolute atomic E-state index is 0.197. The first-order valence-corrected chi connectivity index (χ1v) is 8.64. The Morgan fingerprint density at radius 3 is 2.86 bits per heavy atom. The van der Waals surface area contributed by atoms with Gasteiger partial charge in [0.1, 0.15) is 5.75 Å². The van der Waals surface area contributed by atoms with E-state index < -0.39 is 0 Å². The summed E-state index contributed by atoms with van der Waals surface area (Å²) in [6.07, 6.45) is 5.36. The van der Waals surface area contributed by atoms with E-state index in [1.165, 1.54) is 18.4 Å². The normalized spacial score (nSPS) is 24.3. The minimum atomic E-state index is 0.197. The molecular formula is C17H22BrNO2. The Balaban J connectivity index is 1.62. The third kappa shape index (κ3) is 3.42. The Bertz CT molecular complexity index is 536. The molecule has 0 aromatic heterocycles. The molecule has 4 heteroatoms. The van der Waals surface area contributed by atoms with Crippen LogP contribution >= 0.6 is 15.9 Å². The SMILES string of the molecule is CC1CCC(C(=O)NCc2cc(Br)cc3c2OCC3)CC1. The summed E-state index contributed by atoms with van der Waals surface area (Å²) in [5.74, 6) is 2.14. The molecule has 1 aliphatic heterocycles. The lowest BCUT2D eigenvalue weighted by molar-refractivity contribution is -0.126. The highest BCUT2D eigenvalue weighted by Gasteiger charge is 2.24. The molecule has 3 nitrogen and oxygen atoms in total. The number of rotatable bonds is 3. The molecule has 0 saturated heterocycles. The number of amides is 1. The van der Waals surface area contributed by atoms with Crippen LogP contribution in [0.2, 0.25) is 0 Å². The van der Waals surface area contributed by atoms with Crippen molar-refractivity contribution in [3.8, 4) is 5.75 Å². The molecule has 2 aliphatic rings. The zero-order valence-corrected chi connectivity index (χ0v) is 14.0. The van der Waals surface area contributed by atoms with Crippen LogP contribution in [0.3, 0.4) is 0 Å². The number of hydrogen-bond acceptors (Lipinski definition) is 2. The maximum Gasteiger partial charge on any atom is 0.223 e. The maximum absolute atomic E-state index is 12.3. The third-order valence-electron chi connectivity index (χ3n) is 4.67. The third-order valence-corrected chi connectivity index (χ3v) is 5.12. The monoisotopic (exact) mass is 351 g/mol. The Morgan fingerprint density at radius 1 is 1.33 bits per heavy atom. The number of carbonyl (C=O) groups excluding carboxylic acids is 1. The number of nitrogens with one attached hydrogen (secondary N) is 1. The van der Waals surface area contributed by atoms with Gasteiger partial charge in [-0.25, -0.2) is 0 Å². The standard InChI is InChI=1S/C17H22BrNO2/c1-11-2-4-12(5-3-11)17(20)19-10-14-9-15(18)8-13-6-7-21-16(13)14/h8-9,11-12H,2-7,10H2,1H3,(H,19,20). The molecule has 0 atom stereocenters. The molecule has 21 heavy (non-hydrogen) atoms. The van der Waals surface area contributed by atoms with Crippen molar-refractivity contribution in [1.29, 1.82) is 0 Å². The lowest BCUT2D eigenvalue weighted by Crippen LogP contribution is -2.32.